The van der Waals surface area contributed by atoms with Gasteiger partial charge in [0.1, 0.15) is 0 Å². The standard InChI is InChI=1S/C14H22N2O3S.2C2H4O2/c1-16-6-4-11(5-7-16)9-19-13(17)14(18,10-15)12-3-2-8-20-12;2*1-2(3)4/h2-3,8,11,18H,4-7,9-10,15H2,1H3;2*1H3,(H,3,4). The Hall–Kier alpha value is -2.01. The highest BCUT2D eigenvalue weighted by molar-refractivity contribution is 7.10. The maximum Gasteiger partial charge on any atom is 0.345 e. The van der Waals surface area contributed by atoms with Crippen molar-refractivity contribution in [1.82, 2.24) is 4.90 Å². The van der Waals surface area contributed by atoms with Crippen molar-refractivity contribution in [1.29, 1.82) is 0 Å². The fourth-order valence-electron chi connectivity index (χ4n) is 2.34. The van der Waals surface area contributed by atoms with Gasteiger partial charge in [0.15, 0.2) is 0 Å². The number of hydrogen-bond acceptors (Lipinski definition) is 8. The van der Waals surface area contributed by atoms with Crippen LogP contribution in [0.25, 0.3) is 0 Å². The molecule has 1 saturated heterocycles. The number of aliphatic carboxylic acids is 2. The van der Waals surface area contributed by atoms with Gasteiger partial charge in [-0.15, -0.1) is 11.3 Å². The van der Waals surface area contributed by atoms with Gasteiger partial charge in [0.2, 0.25) is 5.60 Å². The predicted octanol–water partition coefficient (Wildman–Crippen LogP) is 0.961. The number of esters is 1. The molecule has 0 bridgehead atoms. The van der Waals surface area contributed by atoms with Crippen LogP contribution in [-0.2, 0) is 24.7 Å². The summed E-state index contributed by atoms with van der Waals surface area (Å²) in [4.78, 5) is 32.9. The van der Waals surface area contributed by atoms with Gasteiger partial charge in [0.25, 0.3) is 11.9 Å². The molecule has 0 aliphatic carbocycles. The topological polar surface area (TPSA) is 150 Å². The second kappa shape index (κ2) is 13.2. The van der Waals surface area contributed by atoms with Crippen LogP contribution < -0.4 is 5.73 Å². The van der Waals surface area contributed by atoms with Gasteiger partial charge in [-0.2, -0.15) is 0 Å². The molecule has 1 unspecified atom stereocenters. The van der Waals surface area contributed by atoms with Crippen molar-refractivity contribution in [3.05, 3.63) is 22.4 Å². The lowest BCUT2D eigenvalue weighted by Gasteiger charge is -2.30. The number of carbonyl (C=O) groups is 3. The zero-order valence-corrected chi connectivity index (χ0v) is 17.3. The first-order valence-electron chi connectivity index (χ1n) is 8.74. The summed E-state index contributed by atoms with van der Waals surface area (Å²) in [6.07, 6.45) is 2.04. The Balaban J connectivity index is 0.000000776. The molecule has 0 radical (unpaired) electrons. The zero-order valence-electron chi connectivity index (χ0n) is 16.5. The van der Waals surface area contributed by atoms with Crippen LogP contribution >= 0.6 is 11.3 Å². The summed E-state index contributed by atoms with van der Waals surface area (Å²) in [5.41, 5.74) is 3.87. The summed E-state index contributed by atoms with van der Waals surface area (Å²) in [7, 11) is 2.09. The number of piperidine rings is 1. The van der Waals surface area contributed by atoms with E-state index in [2.05, 4.69) is 11.9 Å². The Morgan fingerprint density at radius 3 is 2.14 bits per heavy atom. The van der Waals surface area contributed by atoms with Crippen LogP contribution in [-0.4, -0.2) is 71.4 Å². The molecule has 0 spiro atoms. The molecule has 0 saturated carbocycles. The quantitative estimate of drug-likeness (QED) is 0.513. The van der Waals surface area contributed by atoms with Gasteiger partial charge in [-0.05, 0) is 50.3 Å². The van der Waals surface area contributed by atoms with E-state index < -0.39 is 23.5 Å². The molecule has 2 rings (SSSR count). The highest BCUT2D eigenvalue weighted by Gasteiger charge is 2.39. The van der Waals surface area contributed by atoms with Gasteiger partial charge in [0.05, 0.1) is 6.61 Å². The molecule has 1 aliphatic heterocycles. The fourth-order valence-corrected chi connectivity index (χ4v) is 3.16. The second-order valence-electron chi connectivity index (χ2n) is 6.42. The van der Waals surface area contributed by atoms with Gasteiger partial charge in [-0.1, -0.05) is 6.07 Å². The van der Waals surface area contributed by atoms with Crippen molar-refractivity contribution in [2.24, 2.45) is 11.7 Å². The van der Waals surface area contributed by atoms with E-state index >= 15 is 0 Å². The Bertz CT molecular complexity index is 581. The lowest BCUT2D eigenvalue weighted by atomic mass is 9.98. The smallest absolute Gasteiger partial charge is 0.345 e. The summed E-state index contributed by atoms with van der Waals surface area (Å²) < 4.78 is 5.32. The van der Waals surface area contributed by atoms with Crippen LogP contribution in [0.1, 0.15) is 31.6 Å². The third-order valence-electron chi connectivity index (χ3n) is 3.85. The minimum absolute atomic E-state index is 0.167. The molecule has 9 nitrogen and oxygen atoms in total. The van der Waals surface area contributed by atoms with E-state index in [0.717, 1.165) is 39.8 Å². The predicted molar refractivity (Wildman–Crippen MR) is 105 cm³/mol. The minimum atomic E-state index is -1.71. The van der Waals surface area contributed by atoms with E-state index in [9.17, 15) is 9.90 Å². The van der Waals surface area contributed by atoms with Crippen LogP contribution in [0.3, 0.4) is 0 Å². The zero-order chi connectivity index (χ0) is 21.7. The van der Waals surface area contributed by atoms with Crippen LogP contribution in [0.4, 0.5) is 0 Å². The number of nitrogens with zero attached hydrogens (tertiary/aromatic N) is 1. The number of ether oxygens (including phenoxy) is 1. The lowest BCUT2D eigenvalue weighted by Crippen LogP contribution is -2.44. The second-order valence-corrected chi connectivity index (χ2v) is 7.37. The summed E-state index contributed by atoms with van der Waals surface area (Å²) in [5.74, 6) is -1.93. The maximum atomic E-state index is 12.1. The lowest BCUT2D eigenvalue weighted by molar-refractivity contribution is -0.167. The monoisotopic (exact) mass is 418 g/mol. The van der Waals surface area contributed by atoms with Crippen molar-refractivity contribution in [3.8, 4) is 0 Å². The fraction of sp³-hybridized carbons (Fsp3) is 0.611. The molecule has 0 amide bonds. The summed E-state index contributed by atoms with van der Waals surface area (Å²) in [6, 6.07) is 3.49. The van der Waals surface area contributed by atoms with E-state index in [4.69, 9.17) is 30.3 Å². The van der Waals surface area contributed by atoms with Crippen LogP contribution in [0, 0.1) is 5.92 Å². The molecule has 1 aromatic heterocycles. The maximum absolute atomic E-state index is 12.1. The van der Waals surface area contributed by atoms with Crippen molar-refractivity contribution in [2.45, 2.75) is 32.3 Å². The molecule has 28 heavy (non-hydrogen) atoms. The molecule has 5 N–H and O–H groups in total. The average molecular weight is 419 g/mol. The molecule has 160 valence electrons. The van der Waals surface area contributed by atoms with Gasteiger partial charge < -0.3 is 30.7 Å². The highest BCUT2D eigenvalue weighted by atomic mass is 32.1. The summed E-state index contributed by atoms with van der Waals surface area (Å²) in [6.45, 7) is 4.41. The van der Waals surface area contributed by atoms with Crippen LogP contribution in [0.5, 0.6) is 0 Å². The molecule has 1 aromatic rings. The third-order valence-corrected chi connectivity index (χ3v) is 4.87. The van der Waals surface area contributed by atoms with Crippen molar-refractivity contribution in [3.63, 3.8) is 0 Å². The number of likely N-dealkylation sites (tertiary alicyclic amines) is 1. The Labute approximate surface area is 168 Å². The summed E-state index contributed by atoms with van der Waals surface area (Å²) >= 11 is 1.31. The molecule has 1 atom stereocenters. The average Bonchev–Trinajstić information content (AvgIpc) is 3.14. The van der Waals surface area contributed by atoms with Crippen molar-refractivity contribution in [2.75, 3.05) is 33.3 Å². The van der Waals surface area contributed by atoms with Gasteiger partial charge in [-0.25, -0.2) is 4.79 Å². The van der Waals surface area contributed by atoms with E-state index in [1.54, 1.807) is 17.5 Å². The molecule has 10 heteroatoms. The van der Waals surface area contributed by atoms with E-state index in [1.165, 1.54) is 11.3 Å². The van der Waals surface area contributed by atoms with Crippen molar-refractivity contribution < 1.29 is 34.4 Å². The van der Waals surface area contributed by atoms with E-state index in [-0.39, 0.29) is 6.54 Å². The number of nitrogens with two attached hydrogens (primary N) is 1. The Morgan fingerprint density at radius 2 is 1.75 bits per heavy atom. The minimum Gasteiger partial charge on any atom is -0.481 e. The number of rotatable bonds is 5. The number of thiophene rings is 1. The number of aliphatic hydroxyl groups is 1. The molecule has 2 heterocycles. The number of carbonyl (C=O) groups excluding carboxylic acids is 1. The summed E-state index contributed by atoms with van der Waals surface area (Å²) in [5, 5.41) is 27.1. The number of carboxylic acids is 2. The third kappa shape index (κ3) is 10.4. The number of hydrogen-bond donors (Lipinski definition) is 4. The van der Waals surface area contributed by atoms with Gasteiger partial charge in [-0.3, -0.25) is 9.59 Å². The van der Waals surface area contributed by atoms with Gasteiger partial charge >= 0.3 is 5.97 Å². The van der Waals surface area contributed by atoms with Gasteiger partial charge in [0, 0.05) is 25.3 Å². The molecule has 0 aromatic carbocycles. The Morgan fingerprint density at radius 1 is 1.25 bits per heavy atom. The number of carboxylic acid groups (broad SMARTS) is 2. The normalized spacial score (nSPS) is 16.5. The molecular weight excluding hydrogens is 388 g/mol. The van der Waals surface area contributed by atoms with Crippen LogP contribution in [0.2, 0.25) is 0 Å². The Kier molecular flexibility index (Phi) is 12.3. The SMILES string of the molecule is CC(=O)O.CC(=O)O.CN1CCC(COC(=O)C(O)(CN)c2cccs2)CC1. The molecule has 1 fully saturated rings. The van der Waals surface area contributed by atoms with Crippen LogP contribution in [0.15, 0.2) is 17.5 Å². The first-order chi connectivity index (χ1) is 13.0. The molecule has 1 aliphatic rings. The largest absolute Gasteiger partial charge is 0.481 e. The van der Waals surface area contributed by atoms with E-state index in [1.807, 2.05) is 0 Å². The molecular formula is C18H30N2O7S. The first kappa shape index (κ1) is 26.0. The van der Waals surface area contributed by atoms with E-state index in [0.29, 0.717) is 17.4 Å². The van der Waals surface area contributed by atoms with Crippen molar-refractivity contribution >= 4 is 29.2 Å². The first-order valence-corrected chi connectivity index (χ1v) is 9.62. The highest BCUT2D eigenvalue weighted by Crippen LogP contribution is 2.27.